The van der Waals surface area contributed by atoms with Gasteiger partial charge in [-0.05, 0) is 17.0 Å². The van der Waals surface area contributed by atoms with Crippen LogP contribution in [0.2, 0.25) is 0 Å². The number of fused-ring (bicyclic) bond motifs is 1. The summed E-state index contributed by atoms with van der Waals surface area (Å²) in [6.45, 7) is 6.40. The molecule has 0 bridgehead atoms. The SMILES string of the molecule is COC(=O)c1c(NC=O)sc2cc(C(C)(C)C)ccc12. The predicted octanol–water partition coefficient (Wildman–Crippen LogP) is 3.55. The van der Waals surface area contributed by atoms with E-state index in [9.17, 15) is 9.59 Å². The van der Waals surface area contributed by atoms with Gasteiger partial charge >= 0.3 is 5.97 Å². The number of methoxy groups -OCH3 is 1. The van der Waals surface area contributed by atoms with Gasteiger partial charge in [0.25, 0.3) is 0 Å². The molecular weight excluding hydrogens is 274 g/mol. The highest BCUT2D eigenvalue weighted by molar-refractivity contribution is 7.23. The maximum Gasteiger partial charge on any atom is 0.341 e. The molecule has 0 atom stereocenters. The van der Waals surface area contributed by atoms with Crippen LogP contribution in [-0.2, 0) is 14.9 Å². The van der Waals surface area contributed by atoms with Crippen molar-refractivity contribution < 1.29 is 14.3 Å². The first-order valence-electron chi connectivity index (χ1n) is 6.24. The fourth-order valence-corrected chi connectivity index (χ4v) is 3.11. The van der Waals surface area contributed by atoms with Crippen molar-refractivity contribution in [2.24, 2.45) is 0 Å². The Morgan fingerprint density at radius 1 is 1.35 bits per heavy atom. The molecule has 0 aliphatic rings. The molecule has 0 aliphatic heterocycles. The molecule has 0 saturated heterocycles. The third-order valence-electron chi connectivity index (χ3n) is 3.14. The van der Waals surface area contributed by atoms with Gasteiger partial charge in [0.1, 0.15) is 10.6 Å². The van der Waals surface area contributed by atoms with Gasteiger partial charge < -0.3 is 10.1 Å². The van der Waals surface area contributed by atoms with E-state index >= 15 is 0 Å². The van der Waals surface area contributed by atoms with Gasteiger partial charge in [-0.3, -0.25) is 4.79 Å². The monoisotopic (exact) mass is 291 g/mol. The Morgan fingerprint density at radius 3 is 2.60 bits per heavy atom. The van der Waals surface area contributed by atoms with E-state index in [1.807, 2.05) is 12.1 Å². The Bertz CT molecular complexity index is 668. The van der Waals surface area contributed by atoms with Gasteiger partial charge in [0, 0.05) is 10.1 Å². The lowest BCUT2D eigenvalue weighted by molar-refractivity contribution is -0.105. The largest absolute Gasteiger partial charge is 0.465 e. The third kappa shape index (κ3) is 2.54. The first kappa shape index (κ1) is 14.5. The molecule has 4 nitrogen and oxygen atoms in total. The van der Waals surface area contributed by atoms with Crippen molar-refractivity contribution in [1.29, 1.82) is 0 Å². The number of ether oxygens (including phenoxy) is 1. The van der Waals surface area contributed by atoms with Crippen LogP contribution in [-0.4, -0.2) is 19.5 Å². The number of carbonyl (C=O) groups excluding carboxylic acids is 2. The summed E-state index contributed by atoms with van der Waals surface area (Å²) in [6, 6.07) is 5.98. The van der Waals surface area contributed by atoms with E-state index in [2.05, 4.69) is 32.2 Å². The molecule has 20 heavy (non-hydrogen) atoms. The highest BCUT2D eigenvalue weighted by atomic mass is 32.1. The molecule has 5 heteroatoms. The average molecular weight is 291 g/mol. The summed E-state index contributed by atoms with van der Waals surface area (Å²) >= 11 is 1.38. The van der Waals surface area contributed by atoms with Crippen LogP contribution in [0.1, 0.15) is 36.7 Å². The van der Waals surface area contributed by atoms with Gasteiger partial charge in [0.2, 0.25) is 6.41 Å². The molecule has 1 aromatic heterocycles. The summed E-state index contributed by atoms with van der Waals surface area (Å²) in [5, 5.41) is 3.90. The molecule has 2 rings (SSSR count). The highest BCUT2D eigenvalue weighted by Crippen LogP contribution is 2.38. The average Bonchev–Trinajstić information content (AvgIpc) is 2.74. The topological polar surface area (TPSA) is 55.4 Å². The zero-order valence-electron chi connectivity index (χ0n) is 11.9. The summed E-state index contributed by atoms with van der Waals surface area (Å²) < 4.78 is 5.76. The summed E-state index contributed by atoms with van der Waals surface area (Å²) in [4.78, 5) is 22.6. The molecule has 1 heterocycles. The molecule has 1 amide bonds. The van der Waals surface area contributed by atoms with Gasteiger partial charge in [0.05, 0.1) is 7.11 Å². The normalized spacial score (nSPS) is 11.4. The molecule has 0 saturated carbocycles. The van der Waals surface area contributed by atoms with E-state index in [-0.39, 0.29) is 5.41 Å². The summed E-state index contributed by atoms with van der Waals surface area (Å²) in [7, 11) is 1.33. The lowest BCUT2D eigenvalue weighted by atomic mass is 9.87. The van der Waals surface area contributed by atoms with Crippen molar-refractivity contribution in [3.63, 3.8) is 0 Å². The standard InChI is InChI=1S/C15H17NO3S/c1-15(2,3)9-5-6-10-11(7-9)20-13(16-8-17)12(10)14(18)19-4/h5-8H,1-4H3,(H,16,17). The Morgan fingerprint density at radius 2 is 2.05 bits per heavy atom. The zero-order chi connectivity index (χ0) is 14.9. The fourth-order valence-electron chi connectivity index (χ4n) is 2.02. The molecule has 0 radical (unpaired) electrons. The van der Waals surface area contributed by atoms with Crippen LogP contribution in [0.3, 0.4) is 0 Å². The lowest BCUT2D eigenvalue weighted by Gasteiger charge is -2.18. The van der Waals surface area contributed by atoms with Gasteiger partial charge in [0.15, 0.2) is 0 Å². The molecule has 1 aromatic carbocycles. The van der Waals surface area contributed by atoms with Gasteiger partial charge in [-0.1, -0.05) is 32.9 Å². The maximum absolute atomic E-state index is 11.9. The van der Waals surface area contributed by atoms with Crippen molar-refractivity contribution in [2.45, 2.75) is 26.2 Å². The Balaban J connectivity index is 2.67. The van der Waals surface area contributed by atoms with Crippen molar-refractivity contribution >= 4 is 38.8 Å². The minimum atomic E-state index is -0.441. The second kappa shape index (κ2) is 5.25. The number of hydrogen-bond donors (Lipinski definition) is 1. The lowest BCUT2D eigenvalue weighted by Crippen LogP contribution is -2.10. The molecule has 106 valence electrons. The number of amides is 1. The van der Waals surface area contributed by atoms with Crippen LogP contribution in [0.4, 0.5) is 5.00 Å². The minimum absolute atomic E-state index is 0.0296. The first-order chi connectivity index (χ1) is 9.38. The van der Waals surface area contributed by atoms with Gasteiger partial charge in [-0.25, -0.2) is 4.79 Å². The number of anilines is 1. The number of hydrogen-bond acceptors (Lipinski definition) is 4. The van der Waals surface area contributed by atoms with Crippen molar-refractivity contribution in [3.8, 4) is 0 Å². The van der Waals surface area contributed by atoms with Gasteiger partial charge in [-0.2, -0.15) is 0 Å². The van der Waals surface area contributed by atoms with Crippen LogP contribution in [0.25, 0.3) is 10.1 Å². The van der Waals surface area contributed by atoms with E-state index in [0.717, 1.165) is 10.1 Å². The third-order valence-corrected chi connectivity index (χ3v) is 4.22. The number of benzene rings is 1. The van der Waals surface area contributed by atoms with E-state index in [1.54, 1.807) is 0 Å². The number of thiophene rings is 1. The molecule has 0 unspecified atom stereocenters. The van der Waals surface area contributed by atoms with Crippen LogP contribution < -0.4 is 5.32 Å². The summed E-state index contributed by atoms with van der Waals surface area (Å²) in [5.74, 6) is -0.441. The molecule has 0 fully saturated rings. The second-order valence-corrected chi connectivity index (χ2v) is 6.57. The number of nitrogens with one attached hydrogen (secondary N) is 1. The minimum Gasteiger partial charge on any atom is -0.465 e. The Kier molecular flexibility index (Phi) is 3.81. The molecule has 1 N–H and O–H groups in total. The first-order valence-corrected chi connectivity index (χ1v) is 7.05. The number of rotatable bonds is 3. The summed E-state index contributed by atoms with van der Waals surface area (Å²) in [6.07, 6.45) is 0.571. The quantitative estimate of drug-likeness (QED) is 0.695. The van der Waals surface area contributed by atoms with E-state index in [0.29, 0.717) is 17.0 Å². The van der Waals surface area contributed by atoms with Crippen LogP contribution in [0.5, 0.6) is 0 Å². The van der Waals surface area contributed by atoms with Crippen LogP contribution in [0, 0.1) is 0 Å². The fraction of sp³-hybridized carbons (Fsp3) is 0.333. The highest BCUT2D eigenvalue weighted by Gasteiger charge is 2.21. The van der Waals surface area contributed by atoms with E-state index in [1.165, 1.54) is 24.0 Å². The predicted molar refractivity (Wildman–Crippen MR) is 81.6 cm³/mol. The number of esters is 1. The van der Waals surface area contributed by atoms with Gasteiger partial charge in [-0.15, -0.1) is 11.3 Å². The maximum atomic E-state index is 11.9. The van der Waals surface area contributed by atoms with Crippen molar-refractivity contribution in [2.75, 3.05) is 12.4 Å². The molecule has 2 aromatic rings. The smallest absolute Gasteiger partial charge is 0.341 e. The molecule has 0 spiro atoms. The second-order valence-electron chi connectivity index (χ2n) is 5.52. The van der Waals surface area contributed by atoms with Crippen molar-refractivity contribution in [1.82, 2.24) is 0 Å². The molecular formula is C15H17NO3S. The van der Waals surface area contributed by atoms with E-state index < -0.39 is 5.97 Å². The van der Waals surface area contributed by atoms with Crippen LogP contribution in [0.15, 0.2) is 18.2 Å². The van der Waals surface area contributed by atoms with Crippen LogP contribution >= 0.6 is 11.3 Å². The summed E-state index contributed by atoms with van der Waals surface area (Å²) in [5.41, 5.74) is 1.63. The number of carbonyl (C=O) groups is 2. The van der Waals surface area contributed by atoms with Crippen molar-refractivity contribution in [3.05, 3.63) is 29.3 Å². The Labute approximate surface area is 121 Å². The zero-order valence-corrected chi connectivity index (χ0v) is 12.8. The van der Waals surface area contributed by atoms with E-state index in [4.69, 9.17) is 4.74 Å². The molecule has 0 aliphatic carbocycles. The Hall–Kier alpha value is -1.88.